The quantitative estimate of drug-likeness (QED) is 0.744. The van der Waals surface area contributed by atoms with Crippen molar-refractivity contribution in [1.29, 1.82) is 0 Å². The van der Waals surface area contributed by atoms with Gasteiger partial charge in [-0.25, -0.2) is 4.79 Å². The van der Waals surface area contributed by atoms with Gasteiger partial charge in [-0.15, -0.1) is 0 Å². The minimum atomic E-state index is -0.395. The predicted molar refractivity (Wildman–Crippen MR) is 63.1 cm³/mol. The highest BCUT2D eigenvalue weighted by Crippen LogP contribution is 2.30. The van der Waals surface area contributed by atoms with Gasteiger partial charge in [0, 0.05) is 18.5 Å². The van der Waals surface area contributed by atoms with Gasteiger partial charge in [0.25, 0.3) is 0 Å². The number of hydrogen-bond donors (Lipinski definition) is 0. The number of nitrogens with zero attached hydrogens (tertiary/aromatic N) is 1. The van der Waals surface area contributed by atoms with Gasteiger partial charge in [0.15, 0.2) is 11.4 Å². The molecule has 0 aliphatic heterocycles. The summed E-state index contributed by atoms with van der Waals surface area (Å²) < 4.78 is 6.51. The first-order valence-corrected chi connectivity index (χ1v) is 5.80. The molecule has 1 aliphatic carbocycles. The maximum Gasteiger partial charge on any atom is 0.419 e. The standard InChI is InChI=1S/C13H13NO3/c1-14-10-6-5-9(7-11(10)17-13(14)16)12(15)8-3-2-4-8/h5-8H,2-4H2,1H3. The zero-order chi connectivity index (χ0) is 12.0. The summed E-state index contributed by atoms with van der Waals surface area (Å²) in [5.74, 6) is -0.0548. The molecular weight excluding hydrogens is 218 g/mol. The first kappa shape index (κ1) is 10.3. The summed E-state index contributed by atoms with van der Waals surface area (Å²) in [4.78, 5) is 23.4. The Labute approximate surface area is 97.8 Å². The van der Waals surface area contributed by atoms with E-state index < -0.39 is 5.76 Å². The van der Waals surface area contributed by atoms with Crippen molar-refractivity contribution in [2.24, 2.45) is 13.0 Å². The molecule has 1 aromatic carbocycles. The van der Waals surface area contributed by atoms with Crippen LogP contribution >= 0.6 is 0 Å². The lowest BCUT2D eigenvalue weighted by atomic mass is 9.80. The molecule has 1 fully saturated rings. The number of benzene rings is 1. The first-order valence-electron chi connectivity index (χ1n) is 5.80. The van der Waals surface area contributed by atoms with Crippen molar-refractivity contribution in [2.45, 2.75) is 19.3 Å². The third-order valence-electron chi connectivity index (χ3n) is 3.55. The Morgan fingerprint density at radius 3 is 2.82 bits per heavy atom. The van der Waals surface area contributed by atoms with Gasteiger partial charge in [0.1, 0.15) is 0 Å². The molecular formula is C13H13NO3. The van der Waals surface area contributed by atoms with Gasteiger partial charge in [-0.1, -0.05) is 6.42 Å². The summed E-state index contributed by atoms with van der Waals surface area (Å²) in [6.45, 7) is 0. The number of rotatable bonds is 2. The maximum atomic E-state index is 12.0. The molecule has 4 nitrogen and oxygen atoms in total. The van der Waals surface area contributed by atoms with E-state index in [0.717, 1.165) is 24.8 Å². The Kier molecular flexibility index (Phi) is 2.18. The van der Waals surface area contributed by atoms with Gasteiger partial charge in [0.2, 0.25) is 0 Å². The van der Waals surface area contributed by atoms with Crippen molar-refractivity contribution in [3.05, 3.63) is 34.3 Å². The monoisotopic (exact) mass is 231 g/mol. The number of hydrogen-bond acceptors (Lipinski definition) is 3. The second-order valence-electron chi connectivity index (χ2n) is 4.60. The van der Waals surface area contributed by atoms with Crippen molar-refractivity contribution < 1.29 is 9.21 Å². The molecule has 1 saturated carbocycles. The molecule has 0 radical (unpaired) electrons. The Balaban J connectivity index is 2.07. The van der Waals surface area contributed by atoms with E-state index in [1.807, 2.05) is 0 Å². The summed E-state index contributed by atoms with van der Waals surface area (Å²) in [5.41, 5.74) is 1.86. The van der Waals surface area contributed by atoms with Crippen molar-refractivity contribution in [3.8, 4) is 0 Å². The van der Waals surface area contributed by atoms with E-state index in [2.05, 4.69) is 0 Å². The smallest absolute Gasteiger partial charge is 0.408 e. The zero-order valence-electron chi connectivity index (χ0n) is 9.60. The minimum absolute atomic E-state index is 0.169. The third-order valence-corrected chi connectivity index (χ3v) is 3.55. The van der Waals surface area contributed by atoms with Crippen LogP contribution in [0.25, 0.3) is 11.1 Å². The SMILES string of the molecule is Cn1c(=O)oc2cc(C(=O)C3CCC3)ccc21. The fraction of sp³-hybridized carbons (Fsp3) is 0.385. The maximum absolute atomic E-state index is 12.0. The van der Waals surface area contributed by atoms with Crippen LogP contribution in [-0.2, 0) is 7.05 Å². The van der Waals surface area contributed by atoms with E-state index in [0.29, 0.717) is 11.1 Å². The van der Waals surface area contributed by atoms with Gasteiger partial charge in [0.05, 0.1) is 5.52 Å². The second kappa shape index (κ2) is 3.58. The molecule has 17 heavy (non-hydrogen) atoms. The van der Waals surface area contributed by atoms with Crippen LogP contribution in [0.2, 0.25) is 0 Å². The molecule has 1 heterocycles. The van der Waals surface area contributed by atoms with E-state index in [1.165, 1.54) is 4.57 Å². The Morgan fingerprint density at radius 2 is 2.18 bits per heavy atom. The molecule has 0 spiro atoms. The van der Waals surface area contributed by atoms with Crippen LogP contribution in [-0.4, -0.2) is 10.4 Å². The van der Waals surface area contributed by atoms with Crippen LogP contribution in [0, 0.1) is 5.92 Å². The Hall–Kier alpha value is -1.84. The fourth-order valence-corrected chi connectivity index (χ4v) is 2.19. The normalized spacial score (nSPS) is 16.1. The molecule has 0 unspecified atom stereocenters. The highest BCUT2D eigenvalue weighted by molar-refractivity contribution is 6.00. The number of fused-ring (bicyclic) bond motifs is 1. The number of Topliss-reactive ketones (excluding diaryl/α,β-unsaturated/α-hetero) is 1. The second-order valence-corrected chi connectivity index (χ2v) is 4.60. The zero-order valence-corrected chi connectivity index (χ0v) is 9.60. The number of carbonyl (C=O) groups excluding carboxylic acids is 1. The Morgan fingerprint density at radius 1 is 1.41 bits per heavy atom. The van der Waals surface area contributed by atoms with E-state index in [9.17, 15) is 9.59 Å². The van der Waals surface area contributed by atoms with Crippen LogP contribution in [0.4, 0.5) is 0 Å². The van der Waals surface area contributed by atoms with E-state index in [-0.39, 0.29) is 11.7 Å². The lowest BCUT2D eigenvalue weighted by Gasteiger charge is -2.23. The highest BCUT2D eigenvalue weighted by atomic mass is 16.4. The average Bonchev–Trinajstić information content (AvgIpc) is 2.52. The number of carbonyl (C=O) groups is 1. The molecule has 0 saturated heterocycles. The summed E-state index contributed by atoms with van der Waals surface area (Å²) in [7, 11) is 1.65. The molecule has 4 heteroatoms. The molecule has 0 N–H and O–H groups in total. The molecule has 0 bridgehead atoms. The van der Waals surface area contributed by atoms with Gasteiger partial charge in [-0.05, 0) is 31.0 Å². The van der Waals surface area contributed by atoms with Crippen molar-refractivity contribution in [1.82, 2.24) is 4.57 Å². The van der Waals surface area contributed by atoms with Crippen molar-refractivity contribution >= 4 is 16.9 Å². The van der Waals surface area contributed by atoms with Gasteiger partial charge in [-0.3, -0.25) is 9.36 Å². The van der Waals surface area contributed by atoms with Crippen LogP contribution in [0.1, 0.15) is 29.6 Å². The van der Waals surface area contributed by atoms with Crippen LogP contribution < -0.4 is 5.76 Å². The summed E-state index contributed by atoms with van der Waals surface area (Å²) in [6.07, 6.45) is 3.10. The largest absolute Gasteiger partial charge is 0.419 e. The van der Waals surface area contributed by atoms with Crippen LogP contribution in [0.3, 0.4) is 0 Å². The first-order chi connectivity index (χ1) is 8.16. The topological polar surface area (TPSA) is 52.2 Å². The minimum Gasteiger partial charge on any atom is -0.408 e. The van der Waals surface area contributed by atoms with Crippen LogP contribution in [0.15, 0.2) is 27.4 Å². The molecule has 0 atom stereocenters. The van der Waals surface area contributed by atoms with Gasteiger partial charge >= 0.3 is 5.76 Å². The molecule has 3 rings (SSSR count). The summed E-state index contributed by atoms with van der Waals surface area (Å²) in [5, 5.41) is 0. The van der Waals surface area contributed by atoms with Gasteiger partial charge in [-0.2, -0.15) is 0 Å². The van der Waals surface area contributed by atoms with E-state index in [1.54, 1.807) is 25.2 Å². The predicted octanol–water partition coefficient (Wildman–Crippen LogP) is 2.11. The Bertz CT molecular complexity index is 646. The summed E-state index contributed by atoms with van der Waals surface area (Å²) >= 11 is 0. The van der Waals surface area contributed by atoms with E-state index in [4.69, 9.17) is 4.42 Å². The molecule has 0 amide bonds. The summed E-state index contributed by atoms with van der Waals surface area (Å²) in [6, 6.07) is 5.22. The average molecular weight is 231 g/mol. The van der Waals surface area contributed by atoms with Gasteiger partial charge < -0.3 is 4.42 Å². The fourth-order valence-electron chi connectivity index (χ4n) is 2.19. The van der Waals surface area contributed by atoms with Crippen molar-refractivity contribution in [3.63, 3.8) is 0 Å². The number of aryl methyl sites for hydroxylation is 1. The lowest BCUT2D eigenvalue weighted by molar-refractivity contribution is 0.0855. The van der Waals surface area contributed by atoms with E-state index >= 15 is 0 Å². The number of aromatic nitrogens is 1. The third kappa shape index (κ3) is 1.52. The highest BCUT2D eigenvalue weighted by Gasteiger charge is 2.26. The number of ketones is 1. The molecule has 1 aliphatic rings. The van der Waals surface area contributed by atoms with Crippen molar-refractivity contribution in [2.75, 3.05) is 0 Å². The molecule has 2 aromatic rings. The molecule has 1 aromatic heterocycles. The molecule has 88 valence electrons. The van der Waals surface area contributed by atoms with Crippen LogP contribution in [0.5, 0.6) is 0 Å². The lowest BCUT2D eigenvalue weighted by Crippen LogP contribution is -2.21. The number of oxazole rings is 1.